The van der Waals surface area contributed by atoms with Crippen LogP contribution < -0.4 is 29.6 Å². The third-order valence-corrected chi connectivity index (χ3v) is 1.57. The summed E-state index contributed by atoms with van der Waals surface area (Å²) in [6.07, 6.45) is 0.282. The molecular formula is C4H8FNaO3S. The predicted molar refractivity (Wildman–Crippen MR) is 29.8 cm³/mol. The summed E-state index contributed by atoms with van der Waals surface area (Å²) in [5.74, 6) is -0.448. The van der Waals surface area contributed by atoms with Gasteiger partial charge in [0.25, 0.3) is 0 Å². The normalized spacial score (nSPS) is 10.6. The summed E-state index contributed by atoms with van der Waals surface area (Å²) < 4.78 is 40.8. The molecule has 0 saturated heterocycles. The van der Waals surface area contributed by atoms with Crippen LogP contribution in [0.4, 0.5) is 4.39 Å². The van der Waals surface area contributed by atoms with Crippen molar-refractivity contribution < 1.29 is 46.9 Å². The minimum absolute atomic E-state index is 0. The SMILES string of the molecule is O=S(=O)([O-])CCCCF.[Na+]. The van der Waals surface area contributed by atoms with Gasteiger partial charge >= 0.3 is 29.6 Å². The Balaban J connectivity index is 0. The van der Waals surface area contributed by atoms with Crippen molar-refractivity contribution >= 4 is 10.1 Å². The van der Waals surface area contributed by atoms with E-state index in [2.05, 4.69) is 0 Å². The van der Waals surface area contributed by atoms with E-state index >= 15 is 0 Å². The Kier molecular flexibility index (Phi) is 8.79. The summed E-state index contributed by atoms with van der Waals surface area (Å²) in [5, 5.41) is 0. The molecule has 0 aromatic rings. The van der Waals surface area contributed by atoms with Crippen LogP contribution in [0.25, 0.3) is 0 Å². The zero-order valence-corrected chi connectivity index (χ0v) is 8.66. The number of hydrogen-bond acceptors (Lipinski definition) is 3. The van der Waals surface area contributed by atoms with Crippen LogP contribution in [0.3, 0.4) is 0 Å². The van der Waals surface area contributed by atoms with E-state index in [4.69, 9.17) is 0 Å². The van der Waals surface area contributed by atoms with Crippen LogP contribution in [0.1, 0.15) is 12.8 Å². The van der Waals surface area contributed by atoms with Crippen LogP contribution >= 0.6 is 0 Å². The minimum atomic E-state index is -4.11. The monoisotopic (exact) mass is 178 g/mol. The first-order valence-corrected chi connectivity index (χ1v) is 4.13. The minimum Gasteiger partial charge on any atom is -0.748 e. The maximum Gasteiger partial charge on any atom is 1.00 e. The van der Waals surface area contributed by atoms with E-state index in [1.54, 1.807) is 0 Å². The largest absolute Gasteiger partial charge is 1.00 e. The average molecular weight is 178 g/mol. The zero-order chi connectivity index (χ0) is 7.33. The zero-order valence-electron chi connectivity index (χ0n) is 5.84. The maximum absolute atomic E-state index is 11.3. The Morgan fingerprint density at radius 1 is 1.30 bits per heavy atom. The van der Waals surface area contributed by atoms with Gasteiger partial charge in [-0.3, -0.25) is 4.39 Å². The van der Waals surface area contributed by atoms with Gasteiger partial charge in [-0.2, -0.15) is 0 Å². The number of halogens is 1. The maximum atomic E-state index is 11.3. The predicted octanol–water partition coefficient (Wildman–Crippen LogP) is -2.71. The molecule has 0 aromatic carbocycles. The summed E-state index contributed by atoms with van der Waals surface area (Å²) >= 11 is 0. The Morgan fingerprint density at radius 2 is 1.80 bits per heavy atom. The third kappa shape index (κ3) is 11.6. The van der Waals surface area contributed by atoms with Crippen molar-refractivity contribution in [2.75, 3.05) is 12.4 Å². The first-order chi connectivity index (χ1) is 4.06. The number of alkyl halides is 1. The van der Waals surface area contributed by atoms with Gasteiger partial charge in [0.05, 0.1) is 16.8 Å². The van der Waals surface area contributed by atoms with Gasteiger partial charge in [0.2, 0.25) is 0 Å². The van der Waals surface area contributed by atoms with Crippen LogP contribution in [0.5, 0.6) is 0 Å². The van der Waals surface area contributed by atoms with Crippen molar-refractivity contribution in [3.05, 3.63) is 0 Å². The molecule has 0 aliphatic heterocycles. The fourth-order valence-corrected chi connectivity index (χ4v) is 0.931. The topological polar surface area (TPSA) is 57.2 Å². The molecule has 0 heterocycles. The molecule has 6 heteroatoms. The van der Waals surface area contributed by atoms with Gasteiger partial charge in [0.1, 0.15) is 0 Å². The molecule has 10 heavy (non-hydrogen) atoms. The molecule has 0 fully saturated rings. The average Bonchev–Trinajstić information content (AvgIpc) is 1.63. The van der Waals surface area contributed by atoms with Crippen molar-refractivity contribution in [3.63, 3.8) is 0 Å². The van der Waals surface area contributed by atoms with E-state index in [-0.39, 0.29) is 42.4 Å². The summed E-state index contributed by atoms with van der Waals surface area (Å²) in [7, 11) is -4.11. The van der Waals surface area contributed by atoms with Crippen molar-refractivity contribution in [2.45, 2.75) is 12.8 Å². The molecule has 0 radical (unpaired) electrons. The second-order valence-electron chi connectivity index (χ2n) is 1.66. The Labute approximate surface area is 82.0 Å². The van der Waals surface area contributed by atoms with Crippen molar-refractivity contribution in [1.82, 2.24) is 0 Å². The summed E-state index contributed by atoms with van der Waals surface area (Å²) in [4.78, 5) is 0. The van der Waals surface area contributed by atoms with Crippen LogP contribution in [-0.2, 0) is 10.1 Å². The van der Waals surface area contributed by atoms with Gasteiger partial charge in [-0.1, -0.05) is 0 Å². The molecule has 0 N–H and O–H groups in total. The second-order valence-corrected chi connectivity index (χ2v) is 3.18. The van der Waals surface area contributed by atoms with Crippen LogP contribution in [-0.4, -0.2) is 25.4 Å². The van der Waals surface area contributed by atoms with Crippen LogP contribution in [0.15, 0.2) is 0 Å². The first kappa shape index (κ1) is 13.4. The van der Waals surface area contributed by atoms with E-state index in [1.807, 2.05) is 0 Å². The molecule has 56 valence electrons. The molecule has 0 unspecified atom stereocenters. The molecule has 0 spiro atoms. The summed E-state index contributed by atoms with van der Waals surface area (Å²) in [6.45, 7) is -0.560. The van der Waals surface area contributed by atoms with Gasteiger partial charge in [0, 0.05) is 5.75 Å². The smallest absolute Gasteiger partial charge is 0.748 e. The number of rotatable bonds is 4. The molecule has 0 aromatic heterocycles. The molecule has 0 rings (SSSR count). The fraction of sp³-hybridized carbons (Fsp3) is 1.00. The molecule has 0 saturated carbocycles. The fourth-order valence-electron chi connectivity index (χ4n) is 0.373. The second kappa shape index (κ2) is 6.54. The third-order valence-electron chi connectivity index (χ3n) is 0.778. The number of unbranched alkanes of at least 4 members (excludes halogenated alkanes) is 1. The molecule has 0 amide bonds. The van der Waals surface area contributed by atoms with Crippen LogP contribution in [0.2, 0.25) is 0 Å². The van der Waals surface area contributed by atoms with E-state index in [0.29, 0.717) is 0 Å². The van der Waals surface area contributed by atoms with Crippen molar-refractivity contribution in [1.29, 1.82) is 0 Å². The Bertz CT molecular complexity index is 156. The summed E-state index contributed by atoms with van der Waals surface area (Å²) in [5.41, 5.74) is 0. The van der Waals surface area contributed by atoms with Gasteiger partial charge in [0.15, 0.2) is 0 Å². The van der Waals surface area contributed by atoms with Gasteiger partial charge < -0.3 is 4.55 Å². The molecule has 0 aliphatic rings. The van der Waals surface area contributed by atoms with E-state index in [0.717, 1.165) is 0 Å². The molecule has 3 nitrogen and oxygen atoms in total. The van der Waals surface area contributed by atoms with E-state index in [9.17, 15) is 17.4 Å². The van der Waals surface area contributed by atoms with Crippen molar-refractivity contribution in [2.24, 2.45) is 0 Å². The first-order valence-electron chi connectivity index (χ1n) is 2.56. The summed E-state index contributed by atoms with van der Waals surface area (Å²) in [6, 6.07) is 0. The molecular weight excluding hydrogens is 170 g/mol. The van der Waals surface area contributed by atoms with Gasteiger partial charge in [-0.15, -0.1) is 0 Å². The van der Waals surface area contributed by atoms with Crippen LogP contribution in [0, 0.1) is 0 Å². The molecule has 0 atom stereocenters. The van der Waals surface area contributed by atoms with Gasteiger partial charge in [-0.05, 0) is 12.8 Å². The molecule has 0 aliphatic carbocycles. The quantitative estimate of drug-likeness (QED) is 0.267. The van der Waals surface area contributed by atoms with Crippen molar-refractivity contribution in [3.8, 4) is 0 Å². The standard InChI is InChI=1S/C4H9FO3S.Na/c5-3-1-2-4-9(6,7)8;/h1-4H2,(H,6,7,8);/q;+1/p-1. The molecule has 0 bridgehead atoms. The van der Waals surface area contributed by atoms with Gasteiger partial charge in [-0.25, -0.2) is 8.42 Å². The number of hydrogen-bond donors (Lipinski definition) is 0. The van der Waals surface area contributed by atoms with E-state index < -0.39 is 22.5 Å². The van der Waals surface area contributed by atoms with E-state index in [1.165, 1.54) is 0 Å². The Hall–Kier alpha value is 0.840. The Morgan fingerprint density at radius 3 is 2.10 bits per heavy atom.